The highest BCUT2D eigenvalue weighted by Crippen LogP contribution is 2.28. The van der Waals surface area contributed by atoms with Gasteiger partial charge in [0.1, 0.15) is 0 Å². The van der Waals surface area contributed by atoms with Crippen LogP contribution in [0.3, 0.4) is 0 Å². The molecule has 1 heterocycles. The molecule has 0 unspecified atom stereocenters. The Bertz CT molecular complexity index is 309. The minimum Gasteiger partial charge on any atom is -0.381 e. The second-order valence-electron chi connectivity index (χ2n) is 6.50. The number of likely N-dealkylation sites (tertiary alicyclic amines) is 1. The van der Waals surface area contributed by atoms with Crippen LogP contribution in [0.4, 0.5) is 0 Å². The summed E-state index contributed by atoms with van der Waals surface area (Å²) in [5, 5.41) is 6.82. The molecule has 0 aromatic carbocycles. The van der Waals surface area contributed by atoms with Gasteiger partial charge in [-0.2, -0.15) is 0 Å². The standard InChI is InChI=1S/C16H32N4O/c1-17-16(18-8-3-11-21-13-15-4-5-15)19-12-14-6-9-20(2)10-7-14/h14-15H,3-13H2,1-2H3,(H2,17,18,19). The molecule has 1 saturated carbocycles. The molecule has 2 rings (SSSR count). The molecule has 2 aliphatic rings. The maximum Gasteiger partial charge on any atom is 0.190 e. The van der Waals surface area contributed by atoms with Gasteiger partial charge >= 0.3 is 0 Å². The van der Waals surface area contributed by atoms with Crippen molar-refractivity contribution in [3.05, 3.63) is 0 Å². The summed E-state index contributed by atoms with van der Waals surface area (Å²) in [5.74, 6) is 2.57. The minimum absolute atomic E-state index is 0.779. The quantitative estimate of drug-likeness (QED) is 0.403. The van der Waals surface area contributed by atoms with E-state index in [1.54, 1.807) is 0 Å². The third-order valence-electron chi connectivity index (χ3n) is 4.43. The fraction of sp³-hybridized carbons (Fsp3) is 0.938. The van der Waals surface area contributed by atoms with E-state index >= 15 is 0 Å². The summed E-state index contributed by atoms with van der Waals surface area (Å²) in [7, 11) is 4.04. The van der Waals surface area contributed by atoms with Crippen molar-refractivity contribution >= 4 is 5.96 Å². The van der Waals surface area contributed by atoms with Crippen LogP contribution in [0.25, 0.3) is 0 Å². The van der Waals surface area contributed by atoms with Crippen LogP contribution in [0.2, 0.25) is 0 Å². The molecule has 0 spiro atoms. The first-order valence-corrected chi connectivity index (χ1v) is 8.48. The van der Waals surface area contributed by atoms with E-state index in [1.165, 1.54) is 38.8 Å². The molecule has 21 heavy (non-hydrogen) atoms. The predicted molar refractivity (Wildman–Crippen MR) is 87.7 cm³/mol. The molecule has 122 valence electrons. The summed E-state index contributed by atoms with van der Waals surface area (Å²) in [6, 6.07) is 0. The fourth-order valence-corrected chi connectivity index (χ4v) is 2.64. The molecule has 5 heteroatoms. The summed E-state index contributed by atoms with van der Waals surface area (Å²) < 4.78 is 5.63. The van der Waals surface area contributed by atoms with Gasteiger partial charge in [-0.15, -0.1) is 0 Å². The van der Waals surface area contributed by atoms with Crippen LogP contribution in [0.5, 0.6) is 0 Å². The lowest BCUT2D eigenvalue weighted by Crippen LogP contribution is -2.42. The number of guanidine groups is 1. The van der Waals surface area contributed by atoms with E-state index in [1.807, 2.05) is 7.05 Å². The average molecular weight is 296 g/mol. The lowest BCUT2D eigenvalue weighted by molar-refractivity contribution is 0.123. The van der Waals surface area contributed by atoms with E-state index < -0.39 is 0 Å². The van der Waals surface area contributed by atoms with Gasteiger partial charge in [-0.1, -0.05) is 0 Å². The molecular formula is C16H32N4O. The van der Waals surface area contributed by atoms with E-state index in [0.29, 0.717) is 0 Å². The average Bonchev–Trinajstić information content (AvgIpc) is 3.31. The van der Waals surface area contributed by atoms with Gasteiger partial charge in [0.25, 0.3) is 0 Å². The van der Waals surface area contributed by atoms with Crippen LogP contribution in [0.15, 0.2) is 4.99 Å². The van der Waals surface area contributed by atoms with Crippen LogP contribution in [0, 0.1) is 11.8 Å². The number of piperidine rings is 1. The van der Waals surface area contributed by atoms with Crippen molar-refractivity contribution in [1.82, 2.24) is 15.5 Å². The topological polar surface area (TPSA) is 48.9 Å². The van der Waals surface area contributed by atoms with Gasteiger partial charge in [0, 0.05) is 33.4 Å². The lowest BCUT2D eigenvalue weighted by Gasteiger charge is -2.29. The van der Waals surface area contributed by atoms with Crippen molar-refractivity contribution < 1.29 is 4.74 Å². The summed E-state index contributed by atoms with van der Waals surface area (Å²) in [6.07, 6.45) is 6.35. The monoisotopic (exact) mass is 296 g/mol. The molecule has 1 aliphatic carbocycles. The third kappa shape index (κ3) is 7.14. The molecule has 2 N–H and O–H groups in total. The minimum atomic E-state index is 0.779. The molecule has 1 saturated heterocycles. The Morgan fingerprint density at radius 2 is 1.90 bits per heavy atom. The van der Waals surface area contributed by atoms with Crippen molar-refractivity contribution in [2.24, 2.45) is 16.8 Å². The SMILES string of the molecule is CN=C(NCCCOCC1CC1)NCC1CCN(C)CC1. The van der Waals surface area contributed by atoms with Crippen molar-refractivity contribution in [3.63, 3.8) is 0 Å². The Hall–Kier alpha value is -0.810. The zero-order valence-corrected chi connectivity index (χ0v) is 13.7. The molecule has 0 aromatic heterocycles. The van der Waals surface area contributed by atoms with E-state index in [2.05, 4.69) is 27.6 Å². The first-order chi connectivity index (χ1) is 10.3. The largest absolute Gasteiger partial charge is 0.381 e. The Morgan fingerprint density at radius 1 is 1.14 bits per heavy atom. The normalized spacial score (nSPS) is 21.5. The number of aliphatic imine (C=N–C) groups is 1. The van der Waals surface area contributed by atoms with Gasteiger partial charge in [0.05, 0.1) is 0 Å². The number of nitrogens with zero attached hydrogens (tertiary/aromatic N) is 2. The number of hydrogen-bond acceptors (Lipinski definition) is 3. The van der Waals surface area contributed by atoms with E-state index in [4.69, 9.17) is 4.74 Å². The highest BCUT2D eigenvalue weighted by Gasteiger charge is 2.20. The van der Waals surface area contributed by atoms with Crippen LogP contribution in [0.1, 0.15) is 32.1 Å². The van der Waals surface area contributed by atoms with Crippen molar-refractivity contribution in [2.45, 2.75) is 32.1 Å². The molecular weight excluding hydrogens is 264 g/mol. The lowest BCUT2D eigenvalue weighted by atomic mass is 9.97. The Balaban J connectivity index is 1.47. The second-order valence-corrected chi connectivity index (χ2v) is 6.50. The van der Waals surface area contributed by atoms with Crippen molar-refractivity contribution in [3.8, 4) is 0 Å². The zero-order valence-electron chi connectivity index (χ0n) is 13.7. The smallest absolute Gasteiger partial charge is 0.190 e. The predicted octanol–water partition coefficient (Wildman–Crippen LogP) is 1.31. The maximum atomic E-state index is 5.63. The Morgan fingerprint density at radius 3 is 2.57 bits per heavy atom. The molecule has 2 fully saturated rings. The molecule has 0 amide bonds. The van der Waals surface area contributed by atoms with Gasteiger partial charge < -0.3 is 20.3 Å². The second kappa shape index (κ2) is 9.26. The van der Waals surface area contributed by atoms with E-state index in [0.717, 1.165) is 50.5 Å². The van der Waals surface area contributed by atoms with Gasteiger partial charge in [-0.25, -0.2) is 0 Å². The molecule has 0 aromatic rings. The number of nitrogens with one attached hydrogen (secondary N) is 2. The number of ether oxygens (including phenoxy) is 1. The van der Waals surface area contributed by atoms with Crippen LogP contribution in [-0.2, 0) is 4.74 Å². The summed E-state index contributed by atoms with van der Waals surface area (Å²) in [4.78, 5) is 6.69. The fourth-order valence-electron chi connectivity index (χ4n) is 2.64. The zero-order chi connectivity index (χ0) is 14.9. The summed E-state index contributed by atoms with van der Waals surface area (Å²) in [5.41, 5.74) is 0. The first kappa shape index (κ1) is 16.6. The molecule has 1 aliphatic heterocycles. The number of hydrogen-bond donors (Lipinski definition) is 2. The van der Waals surface area contributed by atoms with Crippen LogP contribution in [-0.4, -0.2) is 64.3 Å². The highest BCUT2D eigenvalue weighted by atomic mass is 16.5. The van der Waals surface area contributed by atoms with Gasteiger partial charge in [-0.05, 0) is 64.1 Å². The third-order valence-corrected chi connectivity index (χ3v) is 4.43. The summed E-state index contributed by atoms with van der Waals surface area (Å²) >= 11 is 0. The van der Waals surface area contributed by atoms with Crippen molar-refractivity contribution in [2.75, 3.05) is 53.5 Å². The van der Waals surface area contributed by atoms with Crippen molar-refractivity contribution in [1.29, 1.82) is 0 Å². The molecule has 0 atom stereocenters. The van der Waals surface area contributed by atoms with Gasteiger partial charge in [-0.3, -0.25) is 4.99 Å². The van der Waals surface area contributed by atoms with Crippen LogP contribution >= 0.6 is 0 Å². The van der Waals surface area contributed by atoms with Gasteiger partial charge in [0.15, 0.2) is 5.96 Å². The van der Waals surface area contributed by atoms with E-state index in [9.17, 15) is 0 Å². The van der Waals surface area contributed by atoms with Crippen LogP contribution < -0.4 is 10.6 Å². The maximum absolute atomic E-state index is 5.63. The Kier molecular flexibility index (Phi) is 7.30. The first-order valence-electron chi connectivity index (χ1n) is 8.48. The molecule has 0 radical (unpaired) electrons. The molecule has 5 nitrogen and oxygen atoms in total. The summed E-state index contributed by atoms with van der Waals surface area (Å²) in [6.45, 7) is 6.22. The van der Waals surface area contributed by atoms with E-state index in [-0.39, 0.29) is 0 Å². The number of rotatable bonds is 8. The Labute approximate surface area is 129 Å². The highest BCUT2D eigenvalue weighted by molar-refractivity contribution is 5.79. The van der Waals surface area contributed by atoms with Gasteiger partial charge in [0.2, 0.25) is 0 Å². The molecule has 0 bridgehead atoms.